The molecule has 13 rings (SSSR count). The van der Waals surface area contributed by atoms with Crippen molar-refractivity contribution in [3.05, 3.63) is 242 Å². The zero-order valence-corrected chi connectivity index (χ0v) is 45.5. The van der Waals surface area contributed by atoms with Crippen LogP contribution in [0.1, 0.15) is 74.8 Å². The molecule has 0 aliphatic heterocycles. The van der Waals surface area contributed by atoms with Crippen LogP contribution in [0.15, 0.2) is 225 Å². The van der Waals surface area contributed by atoms with Gasteiger partial charge in [-0.1, -0.05) is 231 Å². The van der Waals surface area contributed by atoms with Crippen LogP contribution in [0.25, 0.3) is 106 Å². The van der Waals surface area contributed by atoms with E-state index in [9.17, 15) is 5.11 Å². The van der Waals surface area contributed by atoms with Crippen molar-refractivity contribution in [1.29, 1.82) is 0 Å². The number of imidazole rings is 1. The summed E-state index contributed by atoms with van der Waals surface area (Å²) in [5, 5.41) is 12.9. The molecule has 9 aromatic carbocycles. The number of aromatic nitrogens is 3. The van der Waals surface area contributed by atoms with Crippen molar-refractivity contribution >= 4 is 11.0 Å². The molecule has 0 atom stereocenters. The normalized spacial score (nSPS) is 13.9. The van der Waals surface area contributed by atoms with Crippen molar-refractivity contribution in [2.24, 2.45) is 5.92 Å². The summed E-state index contributed by atoms with van der Waals surface area (Å²) in [5.41, 5.74) is 20.2. The predicted molar refractivity (Wildman–Crippen MR) is 314 cm³/mol. The van der Waals surface area contributed by atoms with E-state index in [1.807, 2.05) is 30.5 Å². The number of nitrogens with zero attached hydrogens (tertiary/aromatic N) is 3. The Morgan fingerprint density at radius 1 is 0.455 bits per heavy atom. The number of hydrogen-bond acceptors (Lipinski definition) is 3. The number of aromatic hydroxyl groups is 1. The number of phenols is 1. The van der Waals surface area contributed by atoms with Gasteiger partial charge in [0.2, 0.25) is 0 Å². The van der Waals surface area contributed by atoms with E-state index in [2.05, 4.69) is 205 Å². The van der Waals surface area contributed by atoms with Gasteiger partial charge in [-0.2, -0.15) is 0 Å². The fourth-order valence-corrected chi connectivity index (χ4v) is 12.3. The molecule has 2 aromatic heterocycles. The van der Waals surface area contributed by atoms with Crippen LogP contribution in [0.4, 0.5) is 0 Å². The smallest absolute Gasteiger partial charge is 0.148 e. The van der Waals surface area contributed by atoms with Gasteiger partial charge in [0.15, 0.2) is 0 Å². The molecule has 77 heavy (non-hydrogen) atoms. The van der Waals surface area contributed by atoms with Gasteiger partial charge in [-0.3, -0.25) is 9.55 Å². The summed E-state index contributed by atoms with van der Waals surface area (Å²) in [6.07, 6.45) is 14.7. The molecule has 5 heteroatoms. The summed E-state index contributed by atoms with van der Waals surface area (Å²) in [4.78, 5) is 10.8. The Morgan fingerprint density at radius 2 is 1.04 bits per heavy atom. The van der Waals surface area contributed by atoms with Gasteiger partial charge in [-0.05, 0) is 118 Å². The first-order chi connectivity index (χ1) is 37.6. The number of phenolic OH excluding ortho intramolecular Hbond substituents is 1. The van der Waals surface area contributed by atoms with E-state index in [0.29, 0.717) is 23.2 Å². The van der Waals surface area contributed by atoms with Gasteiger partial charge in [0.05, 0.1) is 22.3 Å². The Morgan fingerprint density at radius 3 is 1.71 bits per heavy atom. The molecule has 0 unspecified atom stereocenters. The molecule has 2 saturated carbocycles. The molecule has 1 N–H and O–H groups in total. The van der Waals surface area contributed by atoms with E-state index in [1.54, 1.807) is 0 Å². The number of fused-ring (bicyclic) bond motifs is 1. The Balaban J connectivity index is 0.00000596. The van der Waals surface area contributed by atoms with Crippen LogP contribution >= 0.6 is 0 Å². The van der Waals surface area contributed by atoms with Crippen molar-refractivity contribution < 1.29 is 26.2 Å². The summed E-state index contributed by atoms with van der Waals surface area (Å²) in [6.45, 7) is 0. The minimum absolute atomic E-state index is 0. The molecule has 380 valence electrons. The van der Waals surface area contributed by atoms with Crippen LogP contribution in [0.2, 0.25) is 0 Å². The Labute approximate surface area is 467 Å². The zero-order valence-electron chi connectivity index (χ0n) is 43.2. The number of pyridine rings is 1. The van der Waals surface area contributed by atoms with Crippen LogP contribution in [-0.4, -0.2) is 19.6 Å². The van der Waals surface area contributed by atoms with E-state index < -0.39 is 0 Å². The molecule has 4 nitrogen and oxygen atoms in total. The molecule has 11 aromatic rings. The maximum atomic E-state index is 12.9. The Kier molecular flexibility index (Phi) is 14.5. The molecule has 0 radical (unpaired) electrons. The summed E-state index contributed by atoms with van der Waals surface area (Å²) < 4.78 is 2.30. The van der Waals surface area contributed by atoms with Gasteiger partial charge in [0.1, 0.15) is 11.6 Å². The summed E-state index contributed by atoms with van der Waals surface area (Å²) in [6, 6.07) is 81.7. The summed E-state index contributed by atoms with van der Waals surface area (Å²) >= 11 is 0. The molecular formula is C72H60N3OPt-. The third-order valence-corrected chi connectivity index (χ3v) is 16.2. The summed E-state index contributed by atoms with van der Waals surface area (Å²) in [7, 11) is 0. The molecule has 0 saturated heterocycles. The van der Waals surface area contributed by atoms with Crippen molar-refractivity contribution in [3.8, 4) is 101 Å². The second kappa shape index (κ2) is 22.4. The maximum absolute atomic E-state index is 12.9. The van der Waals surface area contributed by atoms with Gasteiger partial charge in [0, 0.05) is 44.1 Å². The van der Waals surface area contributed by atoms with Crippen molar-refractivity contribution in [2.45, 2.75) is 70.1 Å². The molecule has 0 bridgehead atoms. The molecule has 2 aliphatic carbocycles. The SMILES string of the molecule is Oc1c(-c2ccccc2)cc(-c2ccccc2)cc1-c1nc2c(-c3[c-]c(-c4cc(-c5ccc(C6CCCCC6)cc5)ccn4)cc(-c4ccccc4)c3)cccc2n1-c1ccc(CC2CCCC2)cc1-c1ccccc1.[Pt]. The molecule has 2 heterocycles. The van der Waals surface area contributed by atoms with E-state index in [1.165, 1.54) is 74.5 Å². The third kappa shape index (κ3) is 10.3. The average molecular weight is 1180 g/mol. The first-order valence-electron chi connectivity index (χ1n) is 27.5. The second-order valence-electron chi connectivity index (χ2n) is 21.1. The standard InChI is InChI=1S/C72H60N3O.Pt/c76-71-65(57-29-14-5-15-30-57)46-60(53-25-10-3-11-26-53)47-66(71)72-74-70-63(31-18-32-69(70)75(72)68-38-33-50(41-49-19-16-17-20-49)42-64(68)56-27-12-4-13-28-56)61-43-59(52-23-8-2-9-24-52)44-62(45-61)67-48-58(39-40-73-67)55-36-34-54(35-37-55)51-21-6-1-7-22-51;/h2-5,8-15,18,23-40,42-44,46-49,51,76H,1,6-7,16-17,19-22,41H2;/q-1;. The number of hydrogen-bond donors (Lipinski definition) is 1. The van der Waals surface area contributed by atoms with Crippen LogP contribution in [0.5, 0.6) is 5.75 Å². The van der Waals surface area contributed by atoms with E-state index in [4.69, 9.17) is 9.97 Å². The van der Waals surface area contributed by atoms with Crippen LogP contribution in [-0.2, 0) is 27.5 Å². The number of benzene rings is 9. The number of rotatable bonds is 12. The van der Waals surface area contributed by atoms with Crippen LogP contribution in [0.3, 0.4) is 0 Å². The average Bonchev–Trinajstić information content (AvgIpc) is 4.24. The first-order valence-corrected chi connectivity index (χ1v) is 27.5. The monoisotopic (exact) mass is 1180 g/mol. The molecule has 0 amide bonds. The molecule has 0 spiro atoms. The molecule has 2 fully saturated rings. The minimum atomic E-state index is 0. The van der Waals surface area contributed by atoms with Crippen molar-refractivity contribution in [3.63, 3.8) is 0 Å². The Hall–Kier alpha value is -7.91. The minimum Gasteiger partial charge on any atom is -0.507 e. The van der Waals surface area contributed by atoms with Gasteiger partial charge < -0.3 is 5.11 Å². The third-order valence-electron chi connectivity index (χ3n) is 16.2. The number of para-hydroxylation sites is 1. The fraction of sp³-hybridized carbons (Fsp3) is 0.167. The van der Waals surface area contributed by atoms with E-state index in [0.717, 1.165) is 95.6 Å². The largest absolute Gasteiger partial charge is 0.507 e. The summed E-state index contributed by atoms with van der Waals surface area (Å²) in [5.74, 6) is 2.18. The fourth-order valence-electron chi connectivity index (χ4n) is 12.3. The zero-order chi connectivity index (χ0) is 50.8. The quantitative estimate of drug-likeness (QED) is 0.124. The van der Waals surface area contributed by atoms with Crippen LogP contribution in [0, 0.1) is 12.0 Å². The van der Waals surface area contributed by atoms with Crippen LogP contribution < -0.4 is 0 Å². The topological polar surface area (TPSA) is 50.9 Å². The van der Waals surface area contributed by atoms with Crippen molar-refractivity contribution in [2.75, 3.05) is 0 Å². The molecular weight excluding hydrogens is 1120 g/mol. The Bertz CT molecular complexity index is 3820. The predicted octanol–water partition coefficient (Wildman–Crippen LogP) is 19.0. The first kappa shape index (κ1) is 49.9. The van der Waals surface area contributed by atoms with E-state index in [-0.39, 0.29) is 26.8 Å². The van der Waals surface area contributed by atoms with Crippen molar-refractivity contribution in [1.82, 2.24) is 14.5 Å². The second-order valence-corrected chi connectivity index (χ2v) is 21.1. The van der Waals surface area contributed by atoms with Gasteiger partial charge in [0.25, 0.3) is 0 Å². The van der Waals surface area contributed by atoms with Gasteiger partial charge >= 0.3 is 0 Å². The molecule has 2 aliphatic rings. The van der Waals surface area contributed by atoms with E-state index >= 15 is 0 Å². The maximum Gasteiger partial charge on any atom is 0.148 e. The van der Waals surface area contributed by atoms with Gasteiger partial charge in [-0.25, -0.2) is 4.98 Å². The van der Waals surface area contributed by atoms with Gasteiger partial charge in [-0.15, -0.1) is 23.8 Å².